The molecule has 1 aliphatic carbocycles. The quantitative estimate of drug-likeness (QED) is 0.779. The van der Waals surface area contributed by atoms with E-state index in [1.54, 1.807) is 7.11 Å². The van der Waals surface area contributed by atoms with E-state index in [1.165, 1.54) is 0 Å². The van der Waals surface area contributed by atoms with Crippen LogP contribution in [0, 0.1) is 11.8 Å². The highest BCUT2D eigenvalue weighted by molar-refractivity contribution is 5.81. The van der Waals surface area contributed by atoms with Gasteiger partial charge in [-0.2, -0.15) is 0 Å². The van der Waals surface area contributed by atoms with Gasteiger partial charge in [0.25, 0.3) is 0 Å². The zero-order valence-corrected chi connectivity index (χ0v) is 11.8. The minimum absolute atomic E-state index is 0.0776. The number of hydrogen-bond acceptors (Lipinski definition) is 4. The minimum atomic E-state index is -0.246. The molecule has 0 radical (unpaired) electrons. The van der Waals surface area contributed by atoms with Gasteiger partial charge in [0, 0.05) is 32.7 Å². The first-order valence-corrected chi connectivity index (χ1v) is 7.21. The summed E-state index contributed by atoms with van der Waals surface area (Å²) in [7, 11) is 3.91. The molecule has 0 aromatic rings. The lowest BCUT2D eigenvalue weighted by atomic mass is 9.78. The molecule has 5 nitrogen and oxygen atoms in total. The summed E-state index contributed by atoms with van der Waals surface area (Å²) in [4.78, 5) is 16.6. The molecular weight excluding hydrogens is 244 g/mol. The number of methoxy groups -OCH3 is 1. The van der Waals surface area contributed by atoms with Crippen molar-refractivity contribution in [1.29, 1.82) is 0 Å². The molecule has 19 heavy (non-hydrogen) atoms. The highest BCUT2D eigenvalue weighted by Crippen LogP contribution is 2.41. The van der Waals surface area contributed by atoms with Gasteiger partial charge >= 0.3 is 0 Å². The lowest BCUT2D eigenvalue weighted by Gasteiger charge is -2.53. The fraction of sp³-hybridized carbons (Fsp3) is 0.929. The number of aliphatic hydroxyl groups is 1. The van der Waals surface area contributed by atoms with Crippen LogP contribution >= 0.6 is 0 Å². The van der Waals surface area contributed by atoms with Crippen LogP contribution in [0.1, 0.15) is 19.3 Å². The molecule has 0 aromatic heterocycles. The summed E-state index contributed by atoms with van der Waals surface area (Å²) in [6.07, 6.45) is 2.20. The molecule has 1 amide bonds. The van der Waals surface area contributed by atoms with Crippen LogP contribution < -0.4 is 0 Å². The predicted octanol–water partition coefficient (Wildman–Crippen LogP) is -0.0636. The molecule has 0 unspecified atom stereocenters. The summed E-state index contributed by atoms with van der Waals surface area (Å²) < 4.78 is 5.25. The van der Waals surface area contributed by atoms with Crippen LogP contribution in [-0.4, -0.2) is 72.9 Å². The van der Waals surface area contributed by atoms with E-state index in [1.807, 2.05) is 4.90 Å². The van der Waals surface area contributed by atoms with E-state index >= 15 is 0 Å². The maximum Gasteiger partial charge on any atom is 0.226 e. The number of carbonyl (C=O) groups excluding carboxylic acids is 1. The largest absolute Gasteiger partial charge is 0.393 e. The van der Waals surface area contributed by atoms with Gasteiger partial charge in [0.15, 0.2) is 0 Å². The number of likely N-dealkylation sites (tertiary alicyclic amines) is 2. The molecule has 5 heteroatoms. The first kappa shape index (κ1) is 13.3. The lowest BCUT2D eigenvalue weighted by molar-refractivity contribution is -0.154. The van der Waals surface area contributed by atoms with E-state index in [9.17, 15) is 9.90 Å². The summed E-state index contributed by atoms with van der Waals surface area (Å²) in [5.41, 5.74) is 0.196. The Kier molecular flexibility index (Phi) is 3.31. The molecule has 1 spiro atoms. The first-order chi connectivity index (χ1) is 9.04. The van der Waals surface area contributed by atoms with E-state index in [-0.39, 0.29) is 23.5 Å². The lowest BCUT2D eigenvalue weighted by Crippen LogP contribution is -2.69. The monoisotopic (exact) mass is 268 g/mol. The topological polar surface area (TPSA) is 53.0 Å². The number of ether oxygens (including phenoxy) is 1. The van der Waals surface area contributed by atoms with Gasteiger partial charge in [0.2, 0.25) is 5.91 Å². The van der Waals surface area contributed by atoms with Crippen LogP contribution in [0.25, 0.3) is 0 Å². The predicted molar refractivity (Wildman–Crippen MR) is 70.7 cm³/mol. The second-order valence-corrected chi connectivity index (χ2v) is 6.65. The van der Waals surface area contributed by atoms with Crippen LogP contribution in [0.15, 0.2) is 0 Å². The Morgan fingerprint density at radius 3 is 2.68 bits per heavy atom. The van der Waals surface area contributed by atoms with Crippen LogP contribution in [0.5, 0.6) is 0 Å². The average molecular weight is 268 g/mol. The summed E-state index contributed by atoms with van der Waals surface area (Å²) >= 11 is 0. The zero-order valence-electron chi connectivity index (χ0n) is 11.8. The standard InChI is InChI=1S/C14H24N2O3/c1-15-6-10(7-19-2)5-14(15)8-16(9-14)13(18)11-3-12(17)4-11/h10-12,17H,3-9H2,1-2H3/t10-,11?,12?/m1/s1. The molecule has 1 atom stereocenters. The Balaban J connectivity index is 1.52. The molecule has 3 aliphatic rings. The van der Waals surface area contributed by atoms with E-state index in [4.69, 9.17) is 4.74 Å². The van der Waals surface area contributed by atoms with E-state index in [2.05, 4.69) is 11.9 Å². The Morgan fingerprint density at radius 2 is 2.11 bits per heavy atom. The van der Waals surface area contributed by atoms with Crippen LogP contribution in [-0.2, 0) is 9.53 Å². The second kappa shape index (κ2) is 4.72. The van der Waals surface area contributed by atoms with Crippen molar-refractivity contribution in [3.63, 3.8) is 0 Å². The van der Waals surface area contributed by atoms with Crippen molar-refractivity contribution in [3.8, 4) is 0 Å². The molecule has 1 N–H and O–H groups in total. The van der Waals surface area contributed by atoms with Gasteiger partial charge in [-0.05, 0) is 32.2 Å². The number of rotatable bonds is 3. The number of amides is 1. The molecular formula is C14H24N2O3. The van der Waals surface area contributed by atoms with Crippen molar-refractivity contribution in [2.45, 2.75) is 30.9 Å². The molecule has 2 aliphatic heterocycles. The van der Waals surface area contributed by atoms with Crippen molar-refractivity contribution < 1.29 is 14.6 Å². The summed E-state index contributed by atoms with van der Waals surface area (Å²) in [6, 6.07) is 0. The average Bonchev–Trinajstić information content (AvgIpc) is 2.60. The van der Waals surface area contributed by atoms with Gasteiger partial charge in [-0.1, -0.05) is 0 Å². The number of nitrogens with zero attached hydrogens (tertiary/aromatic N) is 2. The van der Waals surface area contributed by atoms with E-state index < -0.39 is 0 Å². The molecule has 0 bridgehead atoms. The van der Waals surface area contributed by atoms with E-state index in [0.717, 1.165) is 32.7 Å². The molecule has 0 aromatic carbocycles. The molecule has 2 heterocycles. The molecule has 108 valence electrons. The third-order valence-corrected chi connectivity index (χ3v) is 5.16. The SMILES string of the molecule is COC[C@H]1CN(C)C2(C1)CN(C(=O)C1CC(O)C1)C2. The summed E-state index contributed by atoms with van der Waals surface area (Å²) in [5, 5.41) is 9.29. The molecule has 1 saturated carbocycles. The van der Waals surface area contributed by atoms with Crippen molar-refractivity contribution in [1.82, 2.24) is 9.80 Å². The fourth-order valence-corrected chi connectivity index (χ4v) is 3.92. The highest BCUT2D eigenvalue weighted by Gasteiger charge is 2.54. The van der Waals surface area contributed by atoms with E-state index in [0.29, 0.717) is 18.8 Å². The van der Waals surface area contributed by atoms with Crippen LogP contribution in [0.4, 0.5) is 0 Å². The Morgan fingerprint density at radius 1 is 1.42 bits per heavy atom. The third-order valence-electron chi connectivity index (χ3n) is 5.16. The first-order valence-electron chi connectivity index (χ1n) is 7.21. The molecule has 2 saturated heterocycles. The summed E-state index contributed by atoms with van der Waals surface area (Å²) in [5.74, 6) is 0.922. The van der Waals surface area contributed by atoms with Crippen molar-refractivity contribution in [3.05, 3.63) is 0 Å². The fourth-order valence-electron chi connectivity index (χ4n) is 3.92. The number of hydrogen-bond donors (Lipinski definition) is 1. The Bertz CT molecular complexity index is 362. The third kappa shape index (κ3) is 2.18. The maximum atomic E-state index is 12.2. The van der Waals surface area contributed by atoms with Crippen LogP contribution in [0.3, 0.4) is 0 Å². The molecule has 3 rings (SSSR count). The zero-order chi connectivity index (χ0) is 13.6. The minimum Gasteiger partial charge on any atom is -0.393 e. The van der Waals surface area contributed by atoms with Gasteiger partial charge in [0.1, 0.15) is 0 Å². The van der Waals surface area contributed by atoms with Crippen LogP contribution in [0.2, 0.25) is 0 Å². The second-order valence-electron chi connectivity index (χ2n) is 6.65. The number of aliphatic hydroxyl groups excluding tert-OH is 1. The molecule has 3 fully saturated rings. The van der Waals surface area contributed by atoms with Crippen molar-refractivity contribution in [2.75, 3.05) is 40.4 Å². The van der Waals surface area contributed by atoms with Crippen molar-refractivity contribution >= 4 is 5.91 Å². The normalized spacial score (nSPS) is 37.2. The maximum absolute atomic E-state index is 12.2. The smallest absolute Gasteiger partial charge is 0.226 e. The Hall–Kier alpha value is -0.650. The van der Waals surface area contributed by atoms with Gasteiger partial charge in [-0.25, -0.2) is 0 Å². The Labute approximate surface area is 114 Å². The number of likely N-dealkylation sites (N-methyl/N-ethyl adjacent to an activating group) is 1. The van der Waals surface area contributed by atoms with Crippen molar-refractivity contribution in [2.24, 2.45) is 11.8 Å². The van der Waals surface area contributed by atoms with Gasteiger partial charge < -0.3 is 14.7 Å². The number of carbonyl (C=O) groups is 1. The highest BCUT2D eigenvalue weighted by atomic mass is 16.5. The van der Waals surface area contributed by atoms with Gasteiger partial charge in [0.05, 0.1) is 18.2 Å². The van der Waals surface area contributed by atoms with Gasteiger partial charge in [-0.15, -0.1) is 0 Å². The van der Waals surface area contributed by atoms with Gasteiger partial charge in [-0.3, -0.25) is 9.69 Å². The summed E-state index contributed by atoms with van der Waals surface area (Å²) in [6.45, 7) is 3.59.